The highest BCUT2D eigenvalue weighted by Crippen LogP contribution is 2.30. The van der Waals surface area contributed by atoms with Crippen molar-refractivity contribution in [1.29, 1.82) is 0 Å². The van der Waals surface area contributed by atoms with Gasteiger partial charge in [-0.2, -0.15) is 5.10 Å². The highest BCUT2D eigenvalue weighted by atomic mass is 35.5. The minimum atomic E-state index is -3.61. The molecule has 0 bridgehead atoms. The SMILES string of the molecule is C[C@H](NS(=O)(=O)C(C)(C)C)c1cn2ncc(Cl)c2nc1-c1cccc(F)c1. The van der Waals surface area contributed by atoms with Gasteiger partial charge in [0.2, 0.25) is 10.0 Å². The van der Waals surface area contributed by atoms with Crippen molar-refractivity contribution in [3.05, 3.63) is 53.1 Å². The van der Waals surface area contributed by atoms with Gasteiger partial charge in [0.15, 0.2) is 5.65 Å². The van der Waals surface area contributed by atoms with E-state index in [-0.39, 0.29) is 0 Å². The second-order valence-corrected chi connectivity index (χ2v) is 10.1. The van der Waals surface area contributed by atoms with Crippen molar-refractivity contribution in [1.82, 2.24) is 19.3 Å². The Kier molecular flexibility index (Phi) is 5.00. The molecule has 0 radical (unpaired) electrons. The maximum Gasteiger partial charge on any atom is 0.217 e. The van der Waals surface area contributed by atoms with Crippen molar-refractivity contribution in [2.75, 3.05) is 0 Å². The molecule has 0 fully saturated rings. The zero-order chi connectivity index (χ0) is 20.0. The van der Waals surface area contributed by atoms with Gasteiger partial charge in [-0.3, -0.25) is 0 Å². The fourth-order valence-electron chi connectivity index (χ4n) is 2.55. The van der Waals surface area contributed by atoms with Crippen LogP contribution in [-0.2, 0) is 10.0 Å². The van der Waals surface area contributed by atoms with E-state index in [2.05, 4.69) is 14.8 Å². The average Bonchev–Trinajstić information content (AvgIpc) is 2.93. The maximum absolute atomic E-state index is 13.8. The number of benzene rings is 1. The number of nitrogens with one attached hydrogen (secondary N) is 1. The van der Waals surface area contributed by atoms with Crippen LogP contribution in [0.25, 0.3) is 16.9 Å². The summed E-state index contributed by atoms with van der Waals surface area (Å²) in [6, 6.07) is 5.34. The van der Waals surface area contributed by atoms with E-state index >= 15 is 0 Å². The van der Waals surface area contributed by atoms with Gasteiger partial charge in [0, 0.05) is 23.4 Å². The lowest BCUT2D eigenvalue weighted by Crippen LogP contribution is -2.40. The Morgan fingerprint density at radius 3 is 2.63 bits per heavy atom. The first-order chi connectivity index (χ1) is 12.5. The van der Waals surface area contributed by atoms with E-state index in [9.17, 15) is 12.8 Å². The number of hydrogen-bond donors (Lipinski definition) is 1. The van der Waals surface area contributed by atoms with Crippen LogP contribution in [0.15, 0.2) is 36.7 Å². The van der Waals surface area contributed by atoms with Crippen LogP contribution in [0.4, 0.5) is 4.39 Å². The molecule has 0 saturated carbocycles. The van der Waals surface area contributed by atoms with E-state index in [1.54, 1.807) is 46.0 Å². The van der Waals surface area contributed by atoms with Gasteiger partial charge >= 0.3 is 0 Å². The summed E-state index contributed by atoms with van der Waals surface area (Å²) in [4.78, 5) is 4.53. The Bertz CT molecular complexity index is 1110. The molecule has 0 saturated heterocycles. The molecular weight excluding hydrogens is 391 g/mol. The van der Waals surface area contributed by atoms with Gasteiger partial charge in [-0.05, 0) is 39.8 Å². The molecule has 0 amide bonds. The first-order valence-corrected chi connectivity index (χ1v) is 10.2. The summed E-state index contributed by atoms with van der Waals surface area (Å²) in [5.41, 5.74) is 1.92. The van der Waals surface area contributed by atoms with Gasteiger partial charge in [0.1, 0.15) is 10.8 Å². The molecule has 27 heavy (non-hydrogen) atoms. The fourth-order valence-corrected chi connectivity index (χ4v) is 3.67. The Hall–Kier alpha value is -2.03. The van der Waals surface area contributed by atoms with E-state index < -0.39 is 26.6 Å². The minimum Gasteiger partial charge on any atom is -0.227 e. The van der Waals surface area contributed by atoms with Crippen LogP contribution in [0.3, 0.4) is 0 Å². The Balaban J connectivity index is 2.17. The summed E-state index contributed by atoms with van der Waals surface area (Å²) in [6.45, 7) is 6.55. The lowest BCUT2D eigenvalue weighted by molar-refractivity contribution is 0.531. The lowest BCUT2D eigenvalue weighted by Gasteiger charge is -2.24. The molecule has 3 aromatic rings. The van der Waals surface area contributed by atoms with Crippen molar-refractivity contribution >= 4 is 27.3 Å². The second-order valence-electron chi connectivity index (χ2n) is 7.27. The molecule has 1 aromatic carbocycles. The fraction of sp³-hybridized carbons (Fsp3) is 0.333. The smallest absolute Gasteiger partial charge is 0.217 e. The summed E-state index contributed by atoms with van der Waals surface area (Å²) in [7, 11) is -3.61. The quantitative estimate of drug-likeness (QED) is 0.706. The maximum atomic E-state index is 13.8. The van der Waals surface area contributed by atoms with Crippen molar-refractivity contribution in [3.63, 3.8) is 0 Å². The summed E-state index contributed by atoms with van der Waals surface area (Å²) in [5, 5.41) is 4.48. The molecule has 0 spiro atoms. The highest BCUT2D eigenvalue weighted by Gasteiger charge is 2.31. The number of hydrogen-bond acceptors (Lipinski definition) is 4. The van der Waals surface area contributed by atoms with Crippen molar-refractivity contribution in [2.24, 2.45) is 0 Å². The normalized spacial score (nSPS) is 13.9. The van der Waals surface area contributed by atoms with Gasteiger partial charge in [0.25, 0.3) is 0 Å². The van der Waals surface area contributed by atoms with Crippen LogP contribution in [0.5, 0.6) is 0 Å². The molecule has 2 heterocycles. The summed E-state index contributed by atoms with van der Waals surface area (Å²) in [5.74, 6) is -0.414. The number of rotatable bonds is 4. The predicted octanol–water partition coefficient (Wildman–Crippen LogP) is 3.97. The van der Waals surface area contributed by atoms with Gasteiger partial charge in [-0.15, -0.1) is 0 Å². The summed E-state index contributed by atoms with van der Waals surface area (Å²) in [6.07, 6.45) is 3.11. The molecule has 1 N–H and O–H groups in total. The molecule has 0 unspecified atom stereocenters. The number of halogens is 2. The molecule has 3 rings (SSSR count). The van der Waals surface area contributed by atoms with E-state index in [0.717, 1.165) is 0 Å². The van der Waals surface area contributed by atoms with Crippen LogP contribution in [-0.4, -0.2) is 27.8 Å². The van der Waals surface area contributed by atoms with Gasteiger partial charge < -0.3 is 0 Å². The van der Waals surface area contributed by atoms with E-state index in [0.29, 0.717) is 27.5 Å². The van der Waals surface area contributed by atoms with E-state index in [4.69, 9.17) is 11.6 Å². The predicted molar refractivity (Wildman–Crippen MR) is 104 cm³/mol. The molecule has 6 nitrogen and oxygen atoms in total. The number of fused-ring (bicyclic) bond motifs is 1. The minimum absolute atomic E-state index is 0.349. The van der Waals surface area contributed by atoms with E-state index in [1.807, 2.05) is 0 Å². The van der Waals surface area contributed by atoms with Gasteiger partial charge in [0.05, 0.1) is 16.6 Å². The third-order valence-corrected chi connectivity index (χ3v) is 6.72. The summed E-state index contributed by atoms with van der Waals surface area (Å²) >= 11 is 6.13. The molecular formula is C18H20ClFN4O2S. The number of nitrogens with zero attached hydrogens (tertiary/aromatic N) is 3. The highest BCUT2D eigenvalue weighted by molar-refractivity contribution is 7.90. The summed E-state index contributed by atoms with van der Waals surface area (Å²) < 4.78 is 42.1. The Morgan fingerprint density at radius 2 is 2.00 bits per heavy atom. The Morgan fingerprint density at radius 1 is 1.30 bits per heavy atom. The Labute approximate surface area is 162 Å². The largest absolute Gasteiger partial charge is 0.227 e. The third kappa shape index (κ3) is 3.83. The van der Waals surface area contributed by atoms with Crippen LogP contribution < -0.4 is 4.72 Å². The lowest BCUT2D eigenvalue weighted by atomic mass is 10.0. The van der Waals surface area contributed by atoms with E-state index in [1.165, 1.54) is 22.8 Å². The van der Waals surface area contributed by atoms with Crippen LogP contribution in [0, 0.1) is 5.82 Å². The molecule has 0 aliphatic heterocycles. The molecule has 144 valence electrons. The average molecular weight is 411 g/mol. The zero-order valence-electron chi connectivity index (χ0n) is 15.4. The number of aromatic nitrogens is 3. The molecule has 0 aliphatic carbocycles. The molecule has 2 aromatic heterocycles. The van der Waals surface area contributed by atoms with Crippen molar-refractivity contribution in [2.45, 2.75) is 38.5 Å². The monoisotopic (exact) mass is 410 g/mol. The second kappa shape index (κ2) is 6.85. The number of sulfonamides is 1. The molecule has 1 atom stereocenters. The zero-order valence-corrected chi connectivity index (χ0v) is 16.9. The topological polar surface area (TPSA) is 76.4 Å². The van der Waals surface area contributed by atoms with Crippen molar-refractivity contribution in [3.8, 4) is 11.3 Å². The molecule has 0 aliphatic rings. The molecule has 9 heteroatoms. The first-order valence-electron chi connectivity index (χ1n) is 8.31. The third-order valence-electron chi connectivity index (χ3n) is 4.18. The van der Waals surface area contributed by atoms with Gasteiger partial charge in [-0.25, -0.2) is 27.0 Å². The van der Waals surface area contributed by atoms with Gasteiger partial charge in [-0.1, -0.05) is 23.7 Å². The van der Waals surface area contributed by atoms with Crippen molar-refractivity contribution < 1.29 is 12.8 Å². The van der Waals surface area contributed by atoms with Crippen LogP contribution in [0.2, 0.25) is 5.02 Å². The standard InChI is InChI=1S/C18H20ClFN4O2S/c1-11(23-27(25,26)18(2,3)4)14-10-24-17(15(19)9-21-24)22-16(14)12-6-5-7-13(20)8-12/h5-11,23H,1-4H3/t11-/m0/s1. The van der Waals surface area contributed by atoms with Crippen LogP contribution in [0.1, 0.15) is 39.3 Å². The first kappa shape index (κ1) is 19.7. The van der Waals surface area contributed by atoms with Crippen LogP contribution >= 0.6 is 11.6 Å².